The number of rotatable bonds is 2. The molecule has 0 saturated carbocycles. The van der Waals surface area contributed by atoms with Crippen molar-refractivity contribution < 1.29 is 18.0 Å². The van der Waals surface area contributed by atoms with Gasteiger partial charge in [0, 0.05) is 11.4 Å². The number of nitrogens with two attached hydrogens (primary N) is 1. The van der Waals surface area contributed by atoms with Crippen LogP contribution in [0, 0.1) is 0 Å². The molecule has 7 nitrogen and oxygen atoms in total. The molecule has 4 heterocycles. The molecule has 0 aliphatic carbocycles. The van der Waals surface area contributed by atoms with Crippen molar-refractivity contribution in [1.82, 2.24) is 24.4 Å². The van der Waals surface area contributed by atoms with Gasteiger partial charge in [0.05, 0.1) is 23.0 Å². The fourth-order valence-electron chi connectivity index (χ4n) is 3.85. The minimum absolute atomic E-state index is 0.206. The lowest BCUT2D eigenvalue weighted by molar-refractivity contribution is -0.148. The van der Waals surface area contributed by atoms with Crippen LogP contribution in [0.4, 0.5) is 19.0 Å². The van der Waals surface area contributed by atoms with Crippen molar-refractivity contribution in [2.45, 2.75) is 25.7 Å². The Morgan fingerprint density at radius 1 is 1.23 bits per heavy atom. The quantitative estimate of drug-likeness (QED) is 0.525. The summed E-state index contributed by atoms with van der Waals surface area (Å²) in [7, 11) is 0. The van der Waals surface area contributed by atoms with Gasteiger partial charge in [-0.1, -0.05) is 12.1 Å². The van der Waals surface area contributed by atoms with Gasteiger partial charge in [0.1, 0.15) is 23.5 Å². The van der Waals surface area contributed by atoms with E-state index in [1.165, 1.54) is 29.8 Å². The van der Waals surface area contributed by atoms with Crippen LogP contribution in [0.1, 0.15) is 16.3 Å². The zero-order valence-corrected chi connectivity index (χ0v) is 16.3. The van der Waals surface area contributed by atoms with Crippen LogP contribution in [0.15, 0.2) is 30.6 Å². The van der Waals surface area contributed by atoms with Gasteiger partial charge in [-0.3, -0.25) is 4.79 Å². The molecule has 30 heavy (non-hydrogen) atoms. The molecule has 4 aromatic rings. The molecule has 3 aromatic heterocycles. The highest BCUT2D eigenvalue weighted by Crippen LogP contribution is 2.36. The second-order valence-corrected chi connectivity index (χ2v) is 8.10. The van der Waals surface area contributed by atoms with Crippen LogP contribution in [0.25, 0.3) is 21.3 Å². The van der Waals surface area contributed by atoms with Crippen molar-refractivity contribution >= 4 is 44.3 Å². The number of alkyl halides is 3. The largest absolute Gasteiger partial charge is 0.449 e. The highest BCUT2D eigenvalue weighted by atomic mass is 32.1. The number of aromatic nitrogens is 4. The molecule has 0 fully saturated rings. The number of hydrogen-bond donors (Lipinski definition) is 1. The number of anilines is 1. The van der Waals surface area contributed by atoms with Crippen LogP contribution in [0.5, 0.6) is 0 Å². The van der Waals surface area contributed by atoms with E-state index < -0.39 is 24.5 Å². The zero-order chi connectivity index (χ0) is 21.0. The summed E-state index contributed by atoms with van der Waals surface area (Å²) < 4.78 is 41.4. The lowest BCUT2D eigenvalue weighted by Gasteiger charge is -2.27. The average Bonchev–Trinajstić information content (AvgIpc) is 3.26. The second-order valence-electron chi connectivity index (χ2n) is 7.02. The van der Waals surface area contributed by atoms with Gasteiger partial charge < -0.3 is 15.2 Å². The molecule has 11 heteroatoms. The van der Waals surface area contributed by atoms with E-state index in [9.17, 15) is 18.0 Å². The van der Waals surface area contributed by atoms with Gasteiger partial charge in [-0.2, -0.15) is 13.2 Å². The molecule has 0 spiro atoms. The summed E-state index contributed by atoms with van der Waals surface area (Å²) in [5, 5.41) is 0.810. The minimum atomic E-state index is -4.66. The molecular formula is C19H15F3N6OS. The molecule has 0 atom stereocenters. The topological polar surface area (TPSA) is 89.9 Å². The molecule has 1 aliphatic heterocycles. The van der Waals surface area contributed by atoms with E-state index >= 15 is 0 Å². The van der Waals surface area contributed by atoms with E-state index in [1.807, 2.05) is 0 Å². The number of carbonyl (C=O) groups is 1. The van der Waals surface area contributed by atoms with Crippen LogP contribution in [-0.4, -0.2) is 36.9 Å². The van der Waals surface area contributed by atoms with Gasteiger partial charge >= 0.3 is 6.18 Å². The number of nitrogens with zero attached hydrogens (tertiary/aromatic N) is 5. The summed E-state index contributed by atoms with van der Waals surface area (Å²) >= 11 is 1.43. The second kappa shape index (κ2) is 6.66. The predicted octanol–water partition coefficient (Wildman–Crippen LogP) is 3.23. The Balaban J connectivity index is 1.46. The average molecular weight is 432 g/mol. The summed E-state index contributed by atoms with van der Waals surface area (Å²) in [6.45, 7) is 0.264. The molecule has 0 radical (unpaired) electrons. The lowest BCUT2D eigenvalue weighted by Crippen LogP contribution is -2.38. The molecule has 1 aromatic carbocycles. The molecule has 1 amide bonds. The molecule has 0 saturated heterocycles. The Bertz CT molecular complexity index is 1290. The number of nitrogen functional groups attached to an aromatic ring is 1. The van der Waals surface area contributed by atoms with Crippen LogP contribution < -0.4 is 5.73 Å². The summed E-state index contributed by atoms with van der Waals surface area (Å²) in [5.41, 5.74) is 7.48. The predicted molar refractivity (Wildman–Crippen MR) is 106 cm³/mol. The fraction of sp³-hybridized carbons (Fsp3) is 0.263. The number of hydrogen-bond acceptors (Lipinski definition) is 6. The maximum atomic E-state index is 13.5. The van der Waals surface area contributed by atoms with E-state index in [-0.39, 0.29) is 11.0 Å². The Morgan fingerprint density at radius 2 is 2.03 bits per heavy atom. The number of thiophene rings is 1. The molecule has 2 N–H and O–H groups in total. The Morgan fingerprint density at radius 3 is 2.83 bits per heavy atom. The van der Waals surface area contributed by atoms with Gasteiger partial charge in [-0.15, -0.1) is 11.3 Å². The third-order valence-corrected chi connectivity index (χ3v) is 6.35. The third kappa shape index (κ3) is 2.96. The van der Waals surface area contributed by atoms with Gasteiger partial charge in [-0.25, -0.2) is 15.0 Å². The summed E-state index contributed by atoms with van der Waals surface area (Å²) in [6, 6.07) is 6.28. The third-order valence-electron chi connectivity index (χ3n) is 5.22. The normalized spacial score (nSPS) is 14.4. The summed E-state index contributed by atoms with van der Waals surface area (Å²) in [5.74, 6) is -1.07. The first-order valence-electron chi connectivity index (χ1n) is 9.14. The minimum Gasteiger partial charge on any atom is -0.383 e. The Kier molecular flexibility index (Phi) is 4.17. The molecule has 1 aliphatic rings. The molecule has 154 valence electrons. The number of imidazole rings is 1. The van der Waals surface area contributed by atoms with Crippen LogP contribution in [0.2, 0.25) is 0 Å². The first kappa shape index (κ1) is 18.8. The number of carbonyl (C=O) groups excluding carboxylic acids is 1. The summed E-state index contributed by atoms with van der Waals surface area (Å²) in [6.07, 6.45) is -2.71. The van der Waals surface area contributed by atoms with Gasteiger partial charge in [0.25, 0.3) is 0 Å². The van der Waals surface area contributed by atoms with Gasteiger partial charge in [0.15, 0.2) is 0 Å². The number of benzene rings is 1. The van der Waals surface area contributed by atoms with Crippen molar-refractivity contribution in [2.24, 2.45) is 0 Å². The van der Waals surface area contributed by atoms with Crippen molar-refractivity contribution in [3.8, 4) is 0 Å². The highest BCUT2D eigenvalue weighted by Gasteiger charge is 2.38. The number of amides is 1. The van der Waals surface area contributed by atoms with Crippen LogP contribution >= 0.6 is 11.3 Å². The van der Waals surface area contributed by atoms with E-state index in [1.54, 1.807) is 17.0 Å². The van der Waals surface area contributed by atoms with Crippen LogP contribution in [0.3, 0.4) is 0 Å². The maximum absolute atomic E-state index is 13.5. The molecule has 0 unspecified atom stereocenters. The van der Waals surface area contributed by atoms with Crippen molar-refractivity contribution in [2.75, 3.05) is 12.3 Å². The first-order valence-corrected chi connectivity index (χ1v) is 9.95. The SMILES string of the molecule is Nc1ncnc2sc3c(c12)CCN(C(=O)Cn1c(C(F)(F)F)nc2ccccc21)C3. The smallest absolute Gasteiger partial charge is 0.383 e. The number of halogens is 3. The van der Waals surface area contributed by atoms with E-state index in [4.69, 9.17) is 5.73 Å². The van der Waals surface area contributed by atoms with Crippen LogP contribution in [-0.2, 0) is 30.5 Å². The standard InChI is InChI=1S/C19H15F3N6OS/c20-19(21,22)18-26-11-3-1-2-4-12(11)28(18)8-14(29)27-6-5-10-13(7-27)30-17-15(10)16(23)24-9-25-17/h1-4,9H,5-8H2,(H2,23,24,25). The Hall–Kier alpha value is -3.21. The molecule has 5 rings (SSSR count). The highest BCUT2D eigenvalue weighted by molar-refractivity contribution is 7.19. The van der Waals surface area contributed by atoms with Crippen molar-refractivity contribution in [3.63, 3.8) is 0 Å². The summed E-state index contributed by atoms with van der Waals surface area (Å²) in [4.78, 5) is 28.2. The van der Waals surface area contributed by atoms with E-state index in [0.717, 1.165) is 25.2 Å². The maximum Gasteiger partial charge on any atom is 0.449 e. The van der Waals surface area contributed by atoms with E-state index in [0.29, 0.717) is 25.3 Å². The number of para-hydroxylation sites is 2. The first-order chi connectivity index (χ1) is 14.3. The zero-order valence-electron chi connectivity index (χ0n) is 15.5. The van der Waals surface area contributed by atoms with Crippen molar-refractivity contribution in [1.29, 1.82) is 0 Å². The van der Waals surface area contributed by atoms with E-state index in [2.05, 4.69) is 15.0 Å². The van der Waals surface area contributed by atoms with Crippen molar-refractivity contribution in [3.05, 3.63) is 46.9 Å². The molecule has 0 bridgehead atoms. The van der Waals surface area contributed by atoms with Gasteiger partial charge in [-0.05, 0) is 24.1 Å². The monoisotopic (exact) mass is 432 g/mol. The fourth-order valence-corrected chi connectivity index (χ4v) is 5.06. The Labute approximate surface area is 172 Å². The number of fused-ring (bicyclic) bond motifs is 4. The molecular weight excluding hydrogens is 417 g/mol. The van der Waals surface area contributed by atoms with Gasteiger partial charge in [0.2, 0.25) is 11.7 Å². The lowest BCUT2D eigenvalue weighted by atomic mass is 10.0.